The van der Waals surface area contributed by atoms with E-state index in [9.17, 15) is 9.90 Å². The van der Waals surface area contributed by atoms with Crippen molar-refractivity contribution < 1.29 is 9.90 Å². The quantitative estimate of drug-likeness (QED) is 0.756. The van der Waals surface area contributed by atoms with Gasteiger partial charge in [-0.15, -0.1) is 0 Å². The van der Waals surface area contributed by atoms with Crippen LogP contribution in [-0.4, -0.2) is 23.2 Å². The molecule has 2 atom stereocenters. The van der Waals surface area contributed by atoms with Gasteiger partial charge in [0.1, 0.15) is 5.54 Å². The molecule has 88 valence electrons. The zero-order valence-electron chi connectivity index (χ0n) is 10.3. The second-order valence-electron chi connectivity index (χ2n) is 5.77. The number of carboxylic acid groups (broad SMARTS) is 1. The van der Waals surface area contributed by atoms with Crippen LogP contribution in [0.15, 0.2) is 0 Å². The molecule has 0 amide bonds. The summed E-state index contributed by atoms with van der Waals surface area (Å²) in [7, 11) is 0. The van der Waals surface area contributed by atoms with E-state index in [1.807, 2.05) is 6.92 Å². The van der Waals surface area contributed by atoms with Gasteiger partial charge in [-0.1, -0.05) is 27.7 Å². The molecule has 0 heterocycles. The second-order valence-corrected chi connectivity index (χ2v) is 5.77. The van der Waals surface area contributed by atoms with Gasteiger partial charge in [-0.05, 0) is 37.1 Å². The first kappa shape index (κ1) is 12.5. The molecule has 3 heteroatoms. The lowest BCUT2D eigenvalue weighted by Crippen LogP contribution is -2.57. The molecule has 0 aromatic heterocycles. The first-order valence-electron chi connectivity index (χ1n) is 5.80. The van der Waals surface area contributed by atoms with E-state index in [0.717, 1.165) is 25.8 Å². The lowest BCUT2D eigenvalue weighted by molar-refractivity contribution is -0.149. The van der Waals surface area contributed by atoms with E-state index in [-0.39, 0.29) is 5.41 Å². The average Bonchev–Trinajstić information content (AvgIpc) is 1.99. The van der Waals surface area contributed by atoms with E-state index < -0.39 is 11.5 Å². The lowest BCUT2D eigenvalue weighted by Gasteiger charge is -2.45. The predicted octanol–water partition coefficient (Wildman–Crippen LogP) is 2.27. The van der Waals surface area contributed by atoms with Crippen LogP contribution in [0.5, 0.6) is 0 Å². The predicted molar refractivity (Wildman–Crippen MR) is 60.8 cm³/mol. The van der Waals surface area contributed by atoms with Crippen molar-refractivity contribution in [2.45, 2.75) is 52.5 Å². The molecule has 0 saturated heterocycles. The van der Waals surface area contributed by atoms with Gasteiger partial charge in [0.05, 0.1) is 0 Å². The molecule has 15 heavy (non-hydrogen) atoms. The van der Waals surface area contributed by atoms with E-state index in [0.29, 0.717) is 5.92 Å². The number of rotatable bonds is 3. The Hall–Kier alpha value is -0.570. The molecular formula is C12H23NO2. The number of aliphatic carboxylic acids is 1. The molecule has 3 nitrogen and oxygen atoms in total. The molecular weight excluding hydrogens is 190 g/mol. The Morgan fingerprint density at radius 2 is 2.07 bits per heavy atom. The Kier molecular flexibility index (Phi) is 3.44. The molecule has 1 rings (SSSR count). The van der Waals surface area contributed by atoms with Crippen LogP contribution in [-0.2, 0) is 4.79 Å². The summed E-state index contributed by atoms with van der Waals surface area (Å²) in [6.45, 7) is 9.16. The maximum atomic E-state index is 11.4. The van der Waals surface area contributed by atoms with Crippen LogP contribution >= 0.6 is 0 Å². The SMILES string of the molecule is CCNC1(C(=O)O)CC(C)CC(C)(C)C1. The van der Waals surface area contributed by atoms with Gasteiger partial charge in [0.15, 0.2) is 0 Å². The summed E-state index contributed by atoms with van der Waals surface area (Å²) in [6, 6.07) is 0. The first-order valence-corrected chi connectivity index (χ1v) is 5.80. The summed E-state index contributed by atoms with van der Waals surface area (Å²) >= 11 is 0. The van der Waals surface area contributed by atoms with Crippen molar-refractivity contribution in [3.63, 3.8) is 0 Å². The molecule has 0 aliphatic heterocycles. The lowest BCUT2D eigenvalue weighted by atomic mass is 9.64. The molecule has 1 fully saturated rings. The Bertz CT molecular complexity index is 250. The average molecular weight is 213 g/mol. The molecule has 0 radical (unpaired) electrons. The normalized spacial score (nSPS) is 35.1. The Morgan fingerprint density at radius 1 is 1.47 bits per heavy atom. The Balaban J connectivity index is 2.92. The van der Waals surface area contributed by atoms with Crippen molar-refractivity contribution in [2.75, 3.05) is 6.54 Å². The smallest absolute Gasteiger partial charge is 0.323 e. The maximum absolute atomic E-state index is 11.4. The van der Waals surface area contributed by atoms with E-state index >= 15 is 0 Å². The molecule has 0 aromatic rings. The van der Waals surface area contributed by atoms with E-state index in [1.54, 1.807) is 0 Å². The molecule has 2 unspecified atom stereocenters. The zero-order chi connectivity index (χ0) is 11.7. The van der Waals surface area contributed by atoms with Crippen LogP contribution in [0.2, 0.25) is 0 Å². The number of hydrogen-bond acceptors (Lipinski definition) is 2. The van der Waals surface area contributed by atoms with Crippen LogP contribution < -0.4 is 5.32 Å². The molecule has 2 N–H and O–H groups in total. The highest BCUT2D eigenvalue weighted by Crippen LogP contribution is 2.43. The fraction of sp³-hybridized carbons (Fsp3) is 0.917. The molecule has 1 saturated carbocycles. The van der Waals surface area contributed by atoms with Gasteiger partial charge < -0.3 is 10.4 Å². The maximum Gasteiger partial charge on any atom is 0.323 e. The standard InChI is InChI=1S/C12H23NO2/c1-5-13-12(10(14)15)7-9(2)6-11(3,4)8-12/h9,13H,5-8H2,1-4H3,(H,14,15). The van der Waals surface area contributed by atoms with E-state index in [4.69, 9.17) is 0 Å². The Morgan fingerprint density at radius 3 is 2.47 bits per heavy atom. The minimum Gasteiger partial charge on any atom is -0.480 e. The third-order valence-corrected chi connectivity index (χ3v) is 3.30. The molecule has 1 aliphatic rings. The fourth-order valence-electron chi connectivity index (χ4n) is 3.28. The summed E-state index contributed by atoms with van der Waals surface area (Å²) in [5.74, 6) is -0.215. The molecule has 1 aliphatic carbocycles. The van der Waals surface area contributed by atoms with Gasteiger partial charge in [0.25, 0.3) is 0 Å². The van der Waals surface area contributed by atoms with Crippen molar-refractivity contribution in [1.82, 2.24) is 5.32 Å². The summed E-state index contributed by atoms with van der Waals surface area (Å²) in [4.78, 5) is 11.4. The highest BCUT2D eigenvalue weighted by atomic mass is 16.4. The van der Waals surface area contributed by atoms with E-state index in [1.165, 1.54) is 0 Å². The van der Waals surface area contributed by atoms with Crippen molar-refractivity contribution in [2.24, 2.45) is 11.3 Å². The number of likely N-dealkylation sites (N-methyl/N-ethyl adjacent to an activating group) is 1. The third-order valence-electron chi connectivity index (χ3n) is 3.30. The monoisotopic (exact) mass is 213 g/mol. The fourth-order valence-corrected chi connectivity index (χ4v) is 3.28. The third kappa shape index (κ3) is 2.71. The number of carboxylic acids is 1. The highest BCUT2D eigenvalue weighted by molar-refractivity contribution is 5.79. The number of nitrogens with one attached hydrogen (secondary N) is 1. The summed E-state index contributed by atoms with van der Waals surface area (Å²) in [5.41, 5.74) is -0.575. The molecule has 0 aromatic carbocycles. The summed E-state index contributed by atoms with van der Waals surface area (Å²) in [5, 5.41) is 12.6. The van der Waals surface area contributed by atoms with Gasteiger partial charge >= 0.3 is 5.97 Å². The minimum atomic E-state index is -0.698. The molecule has 0 spiro atoms. The topological polar surface area (TPSA) is 49.3 Å². The first-order chi connectivity index (χ1) is 6.81. The van der Waals surface area contributed by atoms with Gasteiger partial charge in [-0.3, -0.25) is 4.79 Å². The van der Waals surface area contributed by atoms with Crippen LogP contribution in [0.1, 0.15) is 47.0 Å². The van der Waals surface area contributed by atoms with Crippen molar-refractivity contribution in [1.29, 1.82) is 0 Å². The second kappa shape index (κ2) is 4.12. The van der Waals surface area contributed by atoms with Gasteiger partial charge in [-0.2, -0.15) is 0 Å². The van der Waals surface area contributed by atoms with Gasteiger partial charge in [-0.25, -0.2) is 0 Å². The largest absolute Gasteiger partial charge is 0.480 e. The van der Waals surface area contributed by atoms with Crippen LogP contribution in [0.25, 0.3) is 0 Å². The Labute approximate surface area is 92.3 Å². The van der Waals surface area contributed by atoms with Crippen LogP contribution in [0.3, 0.4) is 0 Å². The number of hydrogen-bond donors (Lipinski definition) is 2. The van der Waals surface area contributed by atoms with Crippen molar-refractivity contribution >= 4 is 5.97 Å². The van der Waals surface area contributed by atoms with Gasteiger partial charge in [0.2, 0.25) is 0 Å². The zero-order valence-corrected chi connectivity index (χ0v) is 10.3. The van der Waals surface area contributed by atoms with Crippen molar-refractivity contribution in [3.8, 4) is 0 Å². The molecule has 0 bridgehead atoms. The minimum absolute atomic E-state index is 0.123. The van der Waals surface area contributed by atoms with Crippen LogP contribution in [0.4, 0.5) is 0 Å². The summed E-state index contributed by atoms with van der Waals surface area (Å²) < 4.78 is 0. The highest BCUT2D eigenvalue weighted by Gasteiger charge is 2.47. The van der Waals surface area contributed by atoms with E-state index in [2.05, 4.69) is 26.1 Å². The van der Waals surface area contributed by atoms with Crippen molar-refractivity contribution in [3.05, 3.63) is 0 Å². The number of carbonyl (C=O) groups is 1. The summed E-state index contributed by atoms with van der Waals surface area (Å²) in [6.07, 6.45) is 2.60. The van der Waals surface area contributed by atoms with Crippen LogP contribution in [0, 0.1) is 11.3 Å². The van der Waals surface area contributed by atoms with Gasteiger partial charge in [0, 0.05) is 0 Å².